The first-order valence-electron chi connectivity index (χ1n) is 7.51. The molecule has 2 atom stereocenters. The topological polar surface area (TPSA) is 93.8 Å². The molecule has 6 nitrogen and oxygen atoms in total. The Morgan fingerprint density at radius 3 is 2.79 bits per heavy atom. The van der Waals surface area contributed by atoms with Gasteiger partial charge >= 0.3 is 0 Å². The molecule has 1 fully saturated rings. The lowest BCUT2D eigenvalue weighted by atomic mass is 9.84. The van der Waals surface area contributed by atoms with Crippen molar-refractivity contribution in [2.24, 2.45) is 11.7 Å². The number of hydrogen-bond acceptors (Lipinski definition) is 6. The summed E-state index contributed by atoms with van der Waals surface area (Å²) in [6, 6.07) is 0.160. The van der Waals surface area contributed by atoms with Crippen molar-refractivity contribution in [2.75, 3.05) is 6.54 Å². The third-order valence-electron chi connectivity index (χ3n) is 4.05. The van der Waals surface area contributed by atoms with Crippen LogP contribution in [-0.2, 0) is 0 Å². The summed E-state index contributed by atoms with van der Waals surface area (Å²) in [5.41, 5.74) is 6.93. The largest absolute Gasteiger partial charge is 0.348 e. The van der Waals surface area contributed by atoms with Crippen LogP contribution >= 0.6 is 36.2 Å². The minimum absolute atomic E-state index is 0. The van der Waals surface area contributed by atoms with Crippen LogP contribution in [0.15, 0.2) is 24.0 Å². The van der Waals surface area contributed by atoms with Crippen molar-refractivity contribution in [1.29, 1.82) is 0 Å². The fraction of sp³-hybridized carbons (Fsp3) is 0.467. The Balaban J connectivity index is 0.00000144. The van der Waals surface area contributed by atoms with Crippen LogP contribution in [0, 0.1) is 5.92 Å². The van der Waals surface area contributed by atoms with E-state index in [1.807, 2.05) is 0 Å². The van der Waals surface area contributed by atoms with Crippen LogP contribution in [0.25, 0.3) is 10.7 Å². The zero-order chi connectivity index (χ0) is 15.4. The maximum atomic E-state index is 12.4. The molecule has 0 aromatic carbocycles. The first kappa shape index (κ1) is 20.8. The van der Waals surface area contributed by atoms with Crippen LogP contribution < -0.4 is 11.1 Å². The molecule has 1 saturated carbocycles. The second kappa shape index (κ2) is 9.88. The standard InChI is InChI=1S/C15H19N5OS.2ClH/c16-7-10-3-1-2-4-11(10)19-14(21)13-9-22-15(20-13)12-8-17-5-6-18-12;;/h5-6,8-11H,1-4,7,16H2,(H,19,21);2*1H. The lowest BCUT2D eigenvalue weighted by Crippen LogP contribution is -2.44. The maximum absolute atomic E-state index is 12.4. The molecule has 24 heavy (non-hydrogen) atoms. The Morgan fingerprint density at radius 2 is 2.08 bits per heavy atom. The number of nitrogens with two attached hydrogens (primary N) is 1. The molecule has 3 N–H and O–H groups in total. The quantitative estimate of drug-likeness (QED) is 0.837. The van der Waals surface area contributed by atoms with Gasteiger partial charge in [-0.15, -0.1) is 36.2 Å². The number of carbonyl (C=O) groups excluding carboxylic acids is 1. The van der Waals surface area contributed by atoms with Crippen LogP contribution in [0.4, 0.5) is 0 Å². The number of carbonyl (C=O) groups is 1. The van der Waals surface area contributed by atoms with E-state index in [2.05, 4.69) is 20.3 Å². The third-order valence-corrected chi connectivity index (χ3v) is 4.91. The van der Waals surface area contributed by atoms with E-state index < -0.39 is 0 Å². The molecule has 2 heterocycles. The van der Waals surface area contributed by atoms with Gasteiger partial charge in [-0.25, -0.2) is 4.98 Å². The fourth-order valence-electron chi connectivity index (χ4n) is 2.83. The van der Waals surface area contributed by atoms with Crippen LogP contribution in [0.2, 0.25) is 0 Å². The molecule has 2 aromatic rings. The maximum Gasteiger partial charge on any atom is 0.271 e. The van der Waals surface area contributed by atoms with Gasteiger partial charge in [-0.1, -0.05) is 12.8 Å². The molecule has 1 aliphatic carbocycles. The highest BCUT2D eigenvalue weighted by molar-refractivity contribution is 7.13. The van der Waals surface area contributed by atoms with Crippen molar-refractivity contribution in [3.63, 3.8) is 0 Å². The molecule has 0 spiro atoms. The van der Waals surface area contributed by atoms with E-state index in [1.54, 1.807) is 24.0 Å². The number of aromatic nitrogens is 3. The SMILES string of the molecule is Cl.Cl.NCC1CCCCC1NC(=O)c1csc(-c2cnccn2)n1. The first-order valence-corrected chi connectivity index (χ1v) is 8.38. The number of nitrogens with one attached hydrogen (secondary N) is 1. The highest BCUT2D eigenvalue weighted by Gasteiger charge is 2.26. The Labute approximate surface area is 157 Å². The van der Waals surface area contributed by atoms with Gasteiger partial charge in [0.15, 0.2) is 0 Å². The van der Waals surface area contributed by atoms with Gasteiger partial charge in [-0.3, -0.25) is 14.8 Å². The van der Waals surface area contributed by atoms with Crippen LogP contribution in [0.5, 0.6) is 0 Å². The van der Waals surface area contributed by atoms with Crippen molar-refractivity contribution in [1.82, 2.24) is 20.3 Å². The van der Waals surface area contributed by atoms with E-state index in [1.165, 1.54) is 17.8 Å². The molecule has 1 amide bonds. The second-order valence-electron chi connectivity index (χ2n) is 5.49. The summed E-state index contributed by atoms with van der Waals surface area (Å²) in [6.07, 6.45) is 9.29. The van der Waals surface area contributed by atoms with E-state index in [0.717, 1.165) is 19.3 Å². The molecule has 3 rings (SSSR count). The molecule has 0 radical (unpaired) electrons. The van der Waals surface area contributed by atoms with Gasteiger partial charge in [0, 0.05) is 23.8 Å². The number of halogens is 2. The second-order valence-corrected chi connectivity index (χ2v) is 6.35. The normalized spacial score (nSPS) is 19.7. The first-order chi connectivity index (χ1) is 10.8. The Morgan fingerprint density at radius 1 is 1.29 bits per heavy atom. The zero-order valence-corrected chi connectivity index (χ0v) is 15.5. The van der Waals surface area contributed by atoms with Crippen molar-refractivity contribution in [2.45, 2.75) is 31.7 Å². The van der Waals surface area contributed by atoms with Crippen LogP contribution in [0.3, 0.4) is 0 Å². The van der Waals surface area contributed by atoms with Crippen molar-refractivity contribution < 1.29 is 4.79 Å². The molecule has 9 heteroatoms. The molecule has 2 aromatic heterocycles. The number of rotatable bonds is 4. The Bertz CT molecular complexity index is 640. The molecule has 0 aliphatic heterocycles. The molecular weight excluding hydrogens is 369 g/mol. The highest BCUT2D eigenvalue weighted by Crippen LogP contribution is 2.25. The van der Waals surface area contributed by atoms with E-state index in [0.29, 0.717) is 28.9 Å². The number of thiazole rings is 1. The monoisotopic (exact) mass is 389 g/mol. The fourth-order valence-corrected chi connectivity index (χ4v) is 3.59. The van der Waals surface area contributed by atoms with Gasteiger partial charge < -0.3 is 11.1 Å². The summed E-state index contributed by atoms with van der Waals surface area (Å²) < 4.78 is 0. The minimum atomic E-state index is -0.128. The van der Waals surface area contributed by atoms with E-state index in [4.69, 9.17) is 5.73 Å². The highest BCUT2D eigenvalue weighted by atomic mass is 35.5. The summed E-state index contributed by atoms with van der Waals surface area (Å²) >= 11 is 1.40. The van der Waals surface area contributed by atoms with Crippen molar-refractivity contribution in [3.05, 3.63) is 29.7 Å². The third kappa shape index (κ3) is 4.86. The van der Waals surface area contributed by atoms with E-state index in [-0.39, 0.29) is 36.8 Å². The number of hydrogen-bond donors (Lipinski definition) is 2. The summed E-state index contributed by atoms with van der Waals surface area (Å²) in [5.74, 6) is 0.243. The van der Waals surface area contributed by atoms with Gasteiger partial charge in [0.2, 0.25) is 0 Å². The van der Waals surface area contributed by atoms with E-state index in [9.17, 15) is 4.79 Å². The van der Waals surface area contributed by atoms with Gasteiger partial charge in [0.05, 0.1) is 6.20 Å². The van der Waals surface area contributed by atoms with Crippen LogP contribution in [0.1, 0.15) is 36.2 Å². The Hall–Kier alpha value is -1.28. The lowest BCUT2D eigenvalue weighted by molar-refractivity contribution is 0.0904. The predicted octanol–water partition coefficient (Wildman–Crippen LogP) is 2.69. The van der Waals surface area contributed by atoms with Gasteiger partial charge in [0.25, 0.3) is 5.91 Å². The average Bonchev–Trinajstić information content (AvgIpc) is 3.06. The van der Waals surface area contributed by atoms with Crippen LogP contribution in [-0.4, -0.2) is 33.4 Å². The molecular formula is C15H21Cl2N5OS. The average molecular weight is 390 g/mol. The molecule has 132 valence electrons. The molecule has 1 aliphatic rings. The lowest BCUT2D eigenvalue weighted by Gasteiger charge is -2.31. The van der Waals surface area contributed by atoms with Gasteiger partial charge in [-0.2, -0.15) is 0 Å². The predicted molar refractivity (Wildman–Crippen MR) is 99.9 cm³/mol. The summed E-state index contributed by atoms with van der Waals surface area (Å²) in [6.45, 7) is 0.618. The summed E-state index contributed by atoms with van der Waals surface area (Å²) in [5, 5.41) is 5.56. The van der Waals surface area contributed by atoms with E-state index >= 15 is 0 Å². The van der Waals surface area contributed by atoms with Gasteiger partial charge in [-0.05, 0) is 25.3 Å². The molecule has 2 unspecified atom stereocenters. The summed E-state index contributed by atoms with van der Waals surface area (Å²) in [4.78, 5) is 25.0. The smallest absolute Gasteiger partial charge is 0.271 e. The molecule has 0 saturated heterocycles. The zero-order valence-electron chi connectivity index (χ0n) is 13.1. The number of nitrogens with zero attached hydrogens (tertiary/aromatic N) is 3. The molecule has 0 bridgehead atoms. The summed E-state index contributed by atoms with van der Waals surface area (Å²) in [7, 11) is 0. The van der Waals surface area contributed by atoms with Crippen molar-refractivity contribution >= 4 is 42.1 Å². The van der Waals surface area contributed by atoms with Gasteiger partial charge in [0.1, 0.15) is 16.4 Å². The minimum Gasteiger partial charge on any atom is -0.348 e. The van der Waals surface area contributed by atoms with Crippen molar-refractivity contribution in [3.8, 4) is 10.7 Å². The Kier molecular flexibility index (Phi) is 8.55. The number of amides is 1.